The van der Waals surface area contributed by atoms with Crippen molar-refractivity contribution >= 4 is 27.8 Å². The molecule has 82 valence electrons. The van der Waals surface area contributed by atoms with E-state index in [1.807, 2.05) is 0 Å². The fourth-order valence-corrected chi connectivity index (χ4v) is 1.25. The quantitative estimate of drug-likeness (QED) is 0.824. The van der Waals surface area contributed by atoms with Gasteiger partial charge in [0.1, 0.15) is 12.6 Å². The molecule has 0 spiro atoms. The molecule has 1 unspecified atom stereocenters. The minimum absolute atomic E-state index is 0.00319. The predicted octanol–water partition coefficient (Wildman–Crippen LogP) is 0.235. The summed E-state index contributed by atoms with van der Waals surface area (Å²) < 4.78 is 2.18. The van der Waals surface area contributed by atoms with E-state index in [1.54, 1.807) is 12.4 Å². The number of hydrogen-bond acceptors (Lipinski definition) is 3. The third-order valence-corrected chi connectivity index (χ3v) is 2.06. The van der Waals surface area contributed by atoms with Crippen molar-refractivity contribution in [2.45, 2.75) is 19.5 Å². The minimum atomic E-state index is -1.06. The van der Waals surface area contributed by atoms with Gasteiger partial charge in [-0.1, -0.05) is 0 Å². The number of nitrogens with zero attached hydrogens (tertiary/aromatic N) is 2. The van der Waals surface area contributed by atoms with Gasteiger partial charge in [-0.15, -0.1) is 0 Å². The highest BCUT2D eigenvalue weighted by Crippen LogP contribution is 2.05. The van der Waals surface area contributed by atoms with Crippen LogP contribution in [0.5, 0.6) is 0 Å². The number of carboxylic acids is 1. The summed E-state index contributed by atoms with van der Waals surface area (Å²) in [6.07, 6.45) is 3.18. The fraction of sp³-hybridized carbons (Fsp3) is 0.375. The van der Waals surface area contributed by atoms with E-state index >= 15 is 0 Å². The molecule has 0 radical (unpaired) electrons. The smallest absolute Gasteiger partial charge is 0.325 e. The number of carboxylic acid groups (broad SMARTS) is 1. The van der Waals surface area contributed by atoms with E-state index < -0.39 is 12.0 Å². The van der Waals surface area contributed by atoms with Crippen molar-refractivity contribution in [1.82, 2.24) is 15.1 Å². The van der Waals surface area contributed by atoms with Crippen LogP contribution in [0.3, 0.4) is 0 Å². The molecular formula is C8H10BrN3O3. The summed E-state index contributed by atoms with van der Waals surface area (Å²) in [6, 6.07) is -0.892. The Morgan fingerprint density at radius 1 is 1.73 bits per heavy atom. The summed E-state index contributed by atoms with van der Waals surface area (Å²) in [7, 11) is 0. The van der Waals surface area contributed by atoms with Crippen molar-refractivity contribution in [2.75, 3.05) is 0 Å². The van der Waals surface area contributed by atoms with Crippen LogP contribution in [0.4, 0.5) is 0 Å². The van der Waals surface area contributed by atoms with Gasteiger partial charge in [-0.25, -0.2) is 0 Å². The van der Waals surface area contributed by atoms with Crippen molar-refractivity contribution in [3.8, 4) is 0 Å². The van der Waals surface area contributed by atoms with Gasteiger partial charge in [0.25, 0.3) is 0 Å². The molecule has 1 atom stereocenters. The second-order valence-electron chi connectivity index (χ2n) is 2.98. The van der Waals surface area contributed by atoms with Crippen LogP contribution in [0.25, 0.3) is 0 Å². The Kier molecular flexibility index (Phi) is 3.84. The van der Waals surface area contributed by atoms with Crippen molar-refractivity contribution in [1.29, 1.82) is 0 Å². The number of halogens is 1. The number of rotatable bonds is 4. The Morgan fingerprint density at radius 3 is 2.87 bits per heavy atom. The van der Waals surface area contributed by atoms with Crippen molar-refractivity contribution in [3.05, 3.63) is 16.9 Å². The largest absolute Gasteiger partial charge is 0.480 e. The lowest BCUT2D eigenvalue weighted by Gasteiger charge is -2.08. The molecule has 1 amide bonds. The van der Waals surface area contributed by atoms with Crippen molar-refractivity contribution in [3.63, 3.8) is 0 Å². The Balaban J connectivity index is 2.46. The van der Waals surface area contributed by atoms with Crippen LogP contribution in [0.1, 0.15) is 6.92 Å². The molecule has 0 bridgehead atoms. The highest BCUT2D eigenvalue weighted by molar-refractivity contribution is 9.10. The Bertz CT molecular complexity index is 377. The fourth-order valence-electron chi connectivity index (χ4n) is 0.921. The van der Waals surface area contributed by atoms with Crippen LogP contribution in [0, 0.1) is 0 Å². The first-order valence-corrected chi connectivity index (χ1v) is 4.98. The lowest BCUT2D eigenvalue weighted by Crippen LogP contribution is -2.40. The first-order chi connectivity index (χ1) is 6.99. The third-order valence-electron chi connectivity index (χ3n) is 1.66. The van der Waals surface area contributed by atoms with E-state index in [-0.39, 0.29) is 12.5 Å². The molecule has 0 aliphatic carbocycles. The van der Waals surface area contributed by atoms with Crippen LogP contribution in [0.15, 0.2) is 16.9 Å². The molecule has 1 aromatic rings. The van der Waals surface area contributed by atoms with Gasteiger partial charge in [0.2, 0.25) is 5.91 Å². The van der Waals surface area contributed by atoms with E-state index in [4.69, 9.17) is 5.11 Å². The average Bonchev–Trinajstić information content (AvgIpc) is 2.50. The molecule has 1 aromatic heterocycles. The van der Waals surface area contributed by atoms with Crippen LogP contribution >= 0.6 is 15.9 Å². The lowest BCUT2D eigenvalue weighted by atomic mass is 10.3. The highest BCUT2D eigenvalue weighted by Gasteiger charge is 2.14. The Hall–Kier alpha value is -1.37. The molecule has 0 saturated carbocycles. The molecule has 0 saturated heterocycles. The third kappa shape index (κ3) is 3.70. The maximum Gasteiger partial charge on any atom is 0.325 e. The van der Waals surface area contributed by atoms with Crippen LogP contribution in [0.2, 0.25) is 0 Å². The zero-order valence-corrected chi connectivity index (χ0v) is 9.56. The second-order valence-corrected chi connectivity index (χ2v) is 3.90. The predicted molar refractivity (Wildman–Crippen MR) is 55.2 cm³/mol. The van der Waals surface area contributed by atoms with Gasteiger partial charge in [0, 0.05) is 6.20 Å². The van der Waals surface area contributed by atoms with Gasteiger partial charge in [0.15, 0.2) is 0 Å². The summed E-state index contributed by atoms with van der Waals surface area (Å²) in [5.74, 6) is -1.45. The van der Waals surface area contributed by atoms with Crippen molar-refractivity contribution < 1.29 is 14.7 Å². The van der Waals surface area contributed by atoms with Crippen LogP contribution in [-0.4, -0.2) is 32.8 Å². The molecule has 0 aliphatic heterocycles. The Morgan fingerprint density at radius 2 is 2.40 bits per heavy atom. The highest BCUT2D eigenvalue weighted by atomic mass is 79.9. The summed E-state index contributed by atoms with van der Waals surface area (Å²) >= 11 is 3.19. The van der Waals surface area contributed by atoms with E-state index in [0.717, 1.165) is 4.47 Å². The molecular weight excluding hydrogens is 266 g/mol. The molecule has 0 aromatic carbocycles. The Labute approximate surface area is 94.4 Å². The molecule has 1 heterocycles. The van der Waals surface area contributed by atoms with Gasteiger partial charge in [0.05, 0.1) is 10.7 Å². The van der Waals surface area contributed by atoms with Gasteiger partial charge < -0.3 is 10.4 Å². The summed E-state index contributed by atoms with van der Waals surface area (Å²) in [6.45, 7) is 1.41. The van der Waals surface area contributed by atoms with Crippen molar-refractivity contribution in [2.24, 2.45) is 0 Å². The SMILES string of the molecule is CC(NC(=O)Cn1cc(Br)cn1)C(=O)O. The lowest BCUT2D eigenvalue weighted by molar-refractivity contribution is -0.141. The van der Waals surface area contributed by atoms with E-state index in [1.165, 1.54) is 11.6 Å². The minimum Gasteiger partial charge on any atom is -0.480 e. The number of hydrogen-bond donors (Lipinski definition) is 2. The van der Waals surface area contributed by atoms with Gasteiger partial charge in [-0.2, -0.15) is 5.10 Å². The summed E-state index contributed by atoms with van der Waals surface area (Å²) in [5.41, 5.74) is 0. The maximum atomic E-state index is 11.3. The van der Waals surface area contributed by atoms with Crippen LogP contribution < -0.4 is 5.32 Å². The normalized spacial score (nSPS) is 12.1. The van der Waals surface area contributed by atoms with Gasteiger partial charge in [-0.3, -0.25) is 14.3 Å². The standard InChI is InChI=1S/C8H10BrN3O3/c1-5(8(14)15)11-7(13)4-12-3-6(9)2-10-12/h2-3,5H,4H2,1H3,(H,11,13)(H,14,15). The molecule has 2 N–H and O–H groups in total. The molecule has 6 nitrogen and oxygen atoms in total. The molecule has 0 aliphatic rings. The monoisotopic (exact) mass is 275 g/mol. The average molecular weight is 276 g/mol. The number of aromatic nitrogens is 2. The topological polar surface area (TPSA) is 84.2 Å². The zero-order chi connectivity index (χ0) is 11.4. The number of carbonyl (C=O) groups is 2. The molecule has 0 fully saturated rings. The number of nitrogens with one attached hydrogen (secondary N) is 1. The summed E-state index contributed by atoms with van der Waals surface area (Å²) in [4.78, 5) is 21.7. The molecule has 7 heteroatoms. The second kappa shape index (κ2) is 4.92. The van der Waals surface area contributed by atoms with E-state index in [0.29, 0.717) is 0 Å². The van der Waals surface area contributed by atoms with E-state index in [9.17, 15) is 9.59 Å². The zero-order valence-electron chi connectivity index (χ0n) is 7.98. The van der Waals surface area contributed by atoms with Gasteiger partial charge in [-0.05, 0) is 22.9 Å². The number of amides is 1. The van der Waals surface area contributed by atoms with E-state index in [2.05, 4.69) is 26.3 Å². The first kappa shape index (κ1) is 11.7. The van der Waals surface area contributed by atoms with Gasteiger partial charge >= 0.3 is 5.97 Å². The maximum absolute atomic E-state index is 11.3. The first-order valence-electron chi connectivity index (χ1n) is 4.19. The van der Waals surface area contributed by atoms with Crippen LogP contribution in [-0.2, 0) is 16.1 Å². The number of carbonyl (C=O) groups excluding carboxylic acids is 1. The number of aliphatic carboxylic acids is 1. The molecule has 1 rings (SSSR count). The summed E-state index contributed by atoms with van der Waals surface area (Å²) in [5, 5.41) is 14.7. The molecule has 15 heavy (non-hydrogen) atoms.